The minimum Gasteiger partial charge on any atom is -0.481 e. The van der Waals surface area contributed by atoms with Crippen molar-refractivity contribution in [3.8, 4) is 0 Å². The molecular formula is C8H11F3O3. The van der Waals surface area contributed by atoms with Crippen LogP contribution in [0.4, 0.5) is 13.2 Å². The van der Waals surface area contributed by atoms with Gasteiger partial charge >= 0.3 is 12.1 Å². The van der Waals surface area contributed by atoms with Crippen molar-refractivity contribution in [2.45, 2.75) is 44.1 Å². The standard InChI is InChI=1S/C8H11F3O3/c9-8(10,11)6-3-1-5(14-6)2-4-7(12)13/h5-6H,1-4H2,(H,12,13)/t5-,6+/m1/s1. The zero-order chi connectivity index (χ0) is 10.8. The molecule has 0 aromatic heterocycles. The molecule has 1 aliphatic rings. The van der Waals surface area contributed by atoms with Gasteiger partial charge in [0.25, 0.3) is 0 Å². The van der Waals surface area contributed by atoms with Gasteiger partial charge in [0.2, 0.25) is 0 Å². The van der Waals surface area contributed by atoms with Gasteiger partial charge in [-0.15, -0.1) is 0 Å². The summed E-state index contributed by atoms with van der Waals surface area (Å²) in [5.41, 5.74) is 0. The quantitative estimate of drug-likeness (QED) is 0.777. The third-order valence-corrected chi connectivity index (χ3v) is 2.15. The fourth-order valence-corrected chi connectivity index (χ4v) is 1.44. The molecule has 0 aromatic carbocycles. The number of carboxylic acid groups (broad SMARTS) is 1. The first-order valence-electron chi connectivity index (χ1n) is 4.33. The average molecular weight is 212 g/mol. The summed E-state index contributed by atoms with van der Waals surface area (Å²) < 4.78 is 41.0. The van der Waals surface area contributed by atoms with Crippen molar-refractivity contribution < 1.29 is 27.8 Å². The molecule has 82 valence electrons. The van der Waals surface area contributed by atoms with Crippen LogP contribution in [0.25, 0.3) is 0 Å². The molecule has 3 nitrogen and oxygen atoms in total. The van der Waals surface area contributed by atoms with Crippen LogP contribution in [0, 0.1) is 0 Å². The summed E-state index contributed by atoms with van der Waals surface area (Å²) in [5.74, 6) is -1.01. The molecule has 1 fully saturated rings. The van der Waals surface area contributed by atoms with Crippen LogP contribution >= 0.6 is 0 Å². The van der Waals surface area contributed by atoms with Gasteiger partial charge in [0.1, 0.15) is 0 Å². The lowest BCUT2D eigenvalue weighted by molar-refractivity contribution is -0.215. The number of aliphatic carboxylic acids is 1. The van der Waals surface area contributed by atoms with E-state index in [0.717, 1.165) is 0 Å². The Bertz CT molecular complexity index is 214. The zero-order valence-corrected chi connectivity index (χ0v) is 7.38. The summed E-state index contributed by atoms with van der Waals surface area (Å²) in [6.07, 6.45) is -6.35. The van der Waals surface area contributed by atoms with Crippen molar-refractivity contribution in [2.75, 3.05) is 0 Å². The van der Waals surface area contributed by atoms with Crippen LogP contribution < -0.4 is 0 Å². The largest absolute Gasteiger partial charge is 0.481 e. The molecule has 0 spiro atoms. The summed E-state index contributed by atoms with van der Waals surface area (Å²) in [6.45, 7) is 0. The van der Waals surface area contributed by atoms with Crippen molar-refractivity contribution in [1.29, 1.82) is 0 Å². The lowest BCUT2D eigenvalue weighted by Crippen LogP contribution is -2.28. The minimum atomic E-state index is -4.32. The van der Waals surface area contributed by atoms with Crippen LogP contribution in [-0.2, 0) is 9.53 Å². The van der Waals surface area contributed by atoms with Crippen molar-refractivity contribution in [3.05, 3.63) is 0 Å². The first-order valence-corrected chi connectivity index (χ1v) is 4.33. The summed E-state index contributed by atoms with van der Waals surface area (Å²) in [4.78, 5) is 10.2. The number of carboxylic acids is 1. The van der Waals surface area contributed by atoms with E-state index in [9.17, 15) is 18.0 Å². The van der Waals surface area contributed by atoms with E-state index in [4.69, 9.17) is 5.11 Å². The topological polar surface area (TPSA) is 46.5 Å². The first-order chi connectivity index (χ1) is 6.39. The number of rotatable bonds is 3. The van der Waals surface area contributed by atoms with E-state index in [1.807, 2.05) is 0 Å². The highest BCUT2D eigenvalue weighted by molar-refractivity contribution is 5.66. The molecule has 14 heavy (non-hydrogen) atoms. The molecule has 1 saturated heterocycles. The van der Waals surface area contributed by atoms with E-state index in [1.54, 1.807) is 0 Å². The molecule has 0 amide bonds. The Hall–Kier alpha value is -0.780. The van der Waals surface area contributed by atoms with Gasteiger partial charge in [-0.1, -0.05) is 0 Å². The molecule has 1 N–H and O–H groups in total. The van der Waals surface area contributed by atoms with Crippen LogP contribution in [-0.4, -0.2) is 29.5 Å². The molecule has 0 aliphatic carbocycles. The minimum absolute atomic E-state index is 0.0617. The van der Waals surface area contributed by atoms with Gasteiger partial charge in [-0.05, 0) is 19.3 Å². The SMILES string of the molecule is O=C(O)CC[C@H]1CC[C@@H](C(F)(F)F)O1. The van der Waals surface area contributed by atoms with E-state index >= 15 is 0 Å². The first kappa shape index (κ1) is 11.3. The van der Waals surface area contributed by atoms with Crippen molar-refractivity contribution in [1.82, 2.24) is 0 Å². The zero-order valence-electron chi connectivity index (χ0n) is 7.38. The Morgan fingerprint density at radius 3 is 2.50 bits per heavy atom. The number of carbonyl (C=O) groups is 1. The monoisotopic (exact) mass is 212 g/mol. The normalized spacial score (nSPS) is 27.9. The van der Waals surface area contributed by atoms with Crippen LogP contribution in [0.15, 0.2) is 0 Å². The molecule has 1 aliphatic heterocycles. The van der Waals surface area contributed by atoms with Gasteiger partial charge in [0.05, 0.1) is 6.10 Å². The Labute approximate surface area is 78.9 Å². The summed E-state index contributed by atoms with van der Waals surface area (Å²) in [7, 11) is 0. The summed E-state index contributed by atoms with van der Waals surface area (Å²) >= 11 is 0. The third kappa shape index (κ3) is 3.17. The highest BCUT2D eigenvalue weighted by atomic mass is 19.4. The smallest absolute Gasteiger partial charge is 0.414 e. The number of hydrogen-bond donors (Lipinski definition) is 1. The third-order valence-electron chi connectivity index (χ3n) is 2.15. The summed E-state index contributed by atoms with van der Waals surface area (Å²) in [5, 5.41) is 8.32. The molecule has 6 heteroatoms. The lowest BCUT2D eigenvalue weighted by atomic mass is 10.1. The Morgan fingerprint density at radius 2 is 2.07 bits per heavy atom. The van der Waals surface area contributed by atoms with Gasteiger partial charge < -0.3 is 9.84 Å². The maximum absolute atomic E-state index is 12.1. The molecule has 2 atom stereocenters. The van der Waals surface area contributed by atoms with E-state index in [1.165, 1.54) is 0 Å². The molecule has 0 aromatic rings. The van der Waals surface area contributed by atoms with Gasteiger partial charge in [-0.3, -0.25) is 4.79 Å². The number of ether oxygens (including phenoxy) is 1. The van der Waals surface area contributed by atoms with Crippen molar-refractivity contribution >= 4 is 5.97 Å². The number of halogens is 3. The molecule has 0 bridgehead atoms. The van der Waals surface area contributed by atoms with Gasteiger partial charge in [-0.2, -0.15) is 13.2 Å². The second-order valence-electron chi connectivity index (χ2n) is 3.30. The van der Waals surface area contributed by atoms with E-state index < -0.39 is 24.4 Å². The highest BCUT2D eigenvalue weighted by Crippen LogP contribution is 2.34. The predicted octanol–water partition coefficient (Wildman–Crippen LogP) is 1.96. The van der Waals surface area contributed by atoms with Crippen LogP contribution in [0.3, 0.4) is 0 Å². The molecule has 0 unspecified atom stereocenters. The van der Waals surface area contributed by atoms with Crippen LogP contribution in [0.5, 0.6) is 0 Å². The Balaban J connectivity index is 2.31. The van der Waals surface area contributed by atoms with E-state index in [-0.39, 0.29) is 25.7 Å². The van der Waals surface area contributed by atoms with Crippen LogP contribution in [0.1, 0.15) is 25.7 Å². The maximum atomic E-state index is 12.1. The summed E-state index contributed by atoms with van der Waals surface area (Å²) in [6, 6.07) is 0. The Kier molecular flexibility index (Phi) is 3.36. The lowest BCUT2D eigenvalue weighted by Gasteiger charge is -2.15. The van der Waals surface area contributed by atoms with Gasteiger partial charge in [-0.25, -0.2) is 0 Å². The fourth-order valence-electron chi connectivity index (χ4n) is 1.44. The molecular weight excluding hydrogens is 201 g/mol. The average Bonchev–Trinajstić information content (AvgIpc) is 2.47. The number of alkyl halides is 3. The molecule has 1 heterocycles. The molecule has 0 saturated carbocycles. The second kappa shape index (κ2) is 4.16. The van der Waals surface area contributed by atoms with Gasteiger partial charge in [0, 0.05) is 6.42 Å². The Morgan fingerprint density at radius 1 is 1.43 bits per heavy atom. The fraction of sp³-hybridized carbons (Fsp3) is 0.875. The van der Waals surface area contributed by atoms with E-state index in [2.05, 4.69) is 4.74 Å². The van der Waals surface area contributed by atoms with Gasteiger partial charge in [0.15, 0.2) is 6.10 Å². The highest BCUT2D eigenvalue weighted by Gasteiger charge is 2.45. The number of hydrogen-bond acceptors (Lipinski definition) is 2. The second-order valence-corrected chi connectivity index (χ2v) is 3.30. The predicted molar refractivity (Wildman–Crippen MR) is 40.8 cm³/mol. The van der Waals surface area contributed by atoms with E-state index in [0.29, 0.717) is 0 Å². The molecule has 1 rings (SSSR count). The van der Waals surface area contributed by atoms with Crippen molar-refractivity contribution in [2.24, 2.45) is 0 Å². The van der Waals surface area contributed by atoms with Crippen molar-refractivity contribution in [3.63, 3.8) is 0 Å². The molecule has 0 radical (unpaired) electrons. The van der Waals surface area contributed by atoms with Crippen LogP contribution in [0.2, 0.25) is 0 Å². The maximum Gasteiger partial charge on any atom is 0.414 e.